The van der Waals surface area contributed by atoms with Gasteiger partial charge in [-0.15, -0.1) is 0 Å². The summed E-state index contributed by atoms with van der Waals surface area (Å²) < 4.78 is 44.6. The molecule has 1 rings (SSSR count). The first-order chi connectivity index (χ1) is 9.77. The maximum atomic E-state index is 13.5. The van der Waals surface area contributed by atoms with Crippen LogP contribution in [-0.4, -0.2) is 40.1 Å². The molecule has 0 unspecified atom stereocenters. The molecule has 0 bridgehead atoms. The molecule has 0 saturated carbocycles. The molecule has 0 fully saturated rings. The van der Waals surface area contributed by atoms with E-state index in [-0.39, 0.29) is 6.04 Å². The fraction of sp³-hybridized carbons (Fsp3) is 0.462. The quantitative estimate of drug-likeness (QED) is 0.773. The summed E-state index contributed by atoms with van der Waals surface area (Å²) in [4.78, 5) is 11.3. The highest BCUT2D eigenvalue weighted by Gasteiger charge is 2.24. The molecule has 0 heterocycles. The molecule has 1 amide bonds. The third kappa shape index (κ3) is 5.07. The number of ether oxygens (including phenoxy) is 1. The van der Waals surface area contributed by atoms with E-state index in [4.69, 9.17) is 4.74 Å². The van der Waals surface area contributed by atoms with Crippen molar-refractivity contribution in [2.24, 2.45) is 0 Å². The second kappa shape index (κ2) is 7.48. The number of carbonyl (C=O) groups excluding carboxylic acids is 1. The Labute approximate surface area is 123 Å². The summed E-state index contributed by atoms with van der Waals surface area (Å²) in [5.41, 5.74) is 0. The van der Waals surface area contributed by atoms with Crippen LogP contribution in [0.25, 0.3) is 0 Å². The average Bonchev–Trinajstić information content (AvgIpc) is 2.38. The molecule has 0 aliphatic carbocycles. The topological polar surface area (TPSA) is 84.5 Å². The molecule has 0 saturated heterocycles. The Balaban J connectivity index is 2.76. The summed E-state index contributed by atoms with van der Waals surface area (Å²) in [7, 11) is -2.61. The van der Waals surface area contributed by atoms with Crippen molar-refractivity contribution < 1.29 is 22.3 Å². The lowest BCUT2D eigenvalue weighted by Crippen LogP contribution is -2.48. The number of sulfonamides is 1. The number of rotatable bonds is 7. The van der Waals surface area contributed by atoms with Crippen LogP contribution < -0.4 is 10.0 Å². The highest BCUT2D eigenvalue weighted by molar-refractivity contribution is 7.89. The van der Waals surface area contributed by atoms with Gasteiger partial charge in [0.1, 0.15) is 10.7 Å². The van der Waals surface area contributed by atoms with Gasteiger partial charge in [-0.05, 0) is 26.0 Å². The van der Waals surface area contributed by atoms with Crippen LogP contribution in [0.5, 0.6) is 0 Å². The molecule has 8 heteroatoms. The minimum absolute atomic E-state index is 0.261. The zero-order chi connectivity index (χ0) is 16.0. The van der Waals surface area contributed by atoms with Crippen molar-refractivity contribution in [1.82, 2.24) is 10.0 Å². The van der Waals surface area contributed by atoms with E-state index in [1.165, 1.54) is 26.2 Å². The number of halogens is 1. The molecule has 0 aliphatic rings. The zero-order valence-electron chi connectivity index (χ0n) is 12.1. The summed E-state index contributed by atoms with van der Waals surface area (Å²) in [6, 6.07) is 3.67. The minimum atomic E-state index is -4.10. The zero-order valence-corrected chi connectivity index (χ0v) is 12.9. The number of methoxy groups -OCH3 is 1. The third-order valence-corrected chi connectivity index (χ3v) is 4.23. The lowest BCUT2D eigenvalue weighted by molar-refractivity contribution is -0.123. The summed E-state index contributed by atoms with van der Waals surface area (Å²) in [6.07, 6.45) is 0. The average molecular weight is 318 g/mol. The van der Waals surface area contributed by atoms with Crippen molar-refractivity contribution in [2.45, 2.75) is 30.8 Å². The largest absolute Gasteiger partial charge is 0.383 e. The second-order valence-electron chi connectivity index (χ2n) is 4.64. The molecule has 1 aromatic carbocycles. The Kier molecular flexibility index (Phi) is 6.25. The summed E-state index contributed by atoms with van der Waals surface area (Å²) >= 11 is 0. The van der Waals surface area contributed by atoms with Gasteiger partial charge in [-0.25, -0.2) is 12.8 Å². The van der Waals surface area contributed by atoms with E-state index in [1.807, 2.05) is 0 Å². The van der Waals surface area contributed by atoms with Crippen LogP contribution in [0.2, 0.25) is 0 Å². The van der Waals surface area contributed by atoms with Crippen molar-refractivity contribution in [3.05, 3.63) is 30.1 Å². The number of benzene rings is 1. The fourth-order valence-corrected chi connectivity index (χ4v) is 2.95. The van der Waals surface area contributed by atoms with Crippen LogP contribution in [-0.2, 0) is 19.6 Å². The molecule has 1 aromatic rings. The van der Waals surface area contributed by atoms with Gasteiger partial charge in [-0.3, -0.25) is 4.79 Å². The first kappa shape index (κ1) is 17.5. The predicted octanol–water partition coefficient (Wildman–Crippen LogP) is 0.644. The molecule has 21 heavy (non-hydrogen) atoms. The lowest BCUT2D eigenvalue weighted by atomic mass is 10.3. The van der Waals surface area contributed by atoms with Crippen molar-refractivity contribution in [2.75, 3.05) is 13.7 Å². The van der Waals surface area contributed by atoms with E-state index in [9.17, 15) is 17.6 Å². The van der Waals surface area contributed by atoms with Crippen LogP contribution in [0.4, 0.5) is 4.39 Å². The van der Waals surface area contributed by atoms with Gasteiger partial charge in [0.25, 0.3) is 0 Å². The van der Waals surface area contributed by atoms with Gasteiger partial charge in [0.15, 0.2) is 0 Å². The Morgan fingerprint density at radius 3 is 2.52 bits per heavy atom. The van der Waals surface area contributed by atoms with Crippen molar-refractivity contribution in [3.63, 3.8) is 0 Å². The van der Waals surface area contributed by atoms with Crippen LogP contribution in [0.3, 0.4) is 0 Å². The highest BCUT2D eigenvalue weighted by Crippen LogP contribution is 2.13. The summed E-state index contributed by atoms with van der Waals surface area (Å²) in [6.45, 7) is 3.41. The van der Waals surface area contributed by atoms with E-state index in [2.05, 4.69) is 10.0 Å². The number of amides is 1. The van der Waals surface area contributed by atoms with Crippen molar-refractivity contribution in [1.29, 1.82) is 0 Å². The van der Waals surface area contributed by atoms with Gasteiger partial charge in [-0.2, -0.15) is 4.72 Å². The van der Waals surface area contributed by atoms with Gasteiger partial charge < -0.3 is 10.1 Å². The first-order valence-corrected chi connectivity index (χ1v) is 7.82. The third-order valence-electron chi connectivity index (χ3n) is 2.66. The lowest BCUT2D eigenvalue weighted by Gasteiger charge is -2.18. The SMILES string of the molecule is COC[C@@H](C)NC(=O)[C@H](C)NS(=O)(=O)c1ccccc1F. The van der Waals surface area contributed by atoms with Gasteiger partial charge in [0, 0.05) is 13.2 Å². The highest BCUT2D eigenvalue weighted by atomic mass is 32.2. The van der Waals surface area contributed by atoms with E-state index < -0.39 is 32.7 Å². The first-order valence-electron chi connectivity index (χ1n) is 6.34. The van der Waals surface area contributed by atoms with E-state index in [0.29, 0.717) is 6.61 Å². The molecule has 118 valence electrons. The Bertz CT molecular complexity index is 592. The minimum Gasteiger partial charge on any atom is -0.383 e. The Hall–Kier alpha value is -1.51. The summed E-state index contributed by atoms with van der Waals surface area (Å²) in [5.74, 6) is -1.38. The van der Waals surface area contributed by atoms with Gasteiger partial charge in [0.05, 0.1) is 12.6 Å². The number of hydrogen-bond donors (Lipinski definition) is 2. The molecule has 2 atom stereocenters. The molecule has 0 spiro atoms. The molecular formula is C13H19FN2O4S. The smallest absolute Gasteiger partial charge is 0.244 e. The molecule has 0 aromatic heterocycles. The standard InChI is InChI=1S/C13H19FN2O4S/c1-9(8-20-3)15-13(17)10(2)16-21(18,19)12-7-5-4-6-11(12)14/h4-7,9-10,16H,8H2,1-3H3,(H,15,17)/t9-,10+/m1/s1. The second-order valence-corrected chi connectivity index (χ2v) is 6.32. The summed E-state index contributed by atoms with van der Waals surface area (Å²) in [5, 5.41) is 2.58. The number of hydrogen-bond acceptors (Lipinski definition) is 4. The Morgan fingerprint density at radius 1 is 1.33 bits per heavy atom. The van der Waals surface area contributed by atoms with E-state index in [1.54, 1.807) is 6.92 Å². The van der Waals surface area contributed by atoms with Gasteiger partial charge in [-0.1, -0.05) is 12.1 Å². The van der Waals surface area contributed by atoms with Crippen molar-refractivity contribution in [3.8, 4) is 0 Å². The predicted molar refractivity (Wildman–Crippen MR) is 75.7 cm³/mol. The van der Waals surface area contributed by atoms with E-state index in [0.717, 1.165) is 12.1 Å². The maximum Gasteiger partial charge on any atom is 0.244 e. The maximum absolute atomic E-state index is 13.5. The number of nitrogens with one attached hydrogen (secondary N) is 2. The van der Waals surface area contributed by atoms with Gasteiger partial charge in [0.2, 0.25) is 15.9 Å². The van der Waals surface area contributed by atoms with Gasteiger partial charge >= 0.3 is 0 Å². The van der Waals surface area contributed by atoms with Crippen molar-refractivity contribution >= 4 is 15.9 Å². The van der Waals surface area contributed by atoms with Crippen LogP contribution >= 0.6 is 0 Å². The van der Waals surface area contributed by atoms with Crippen LogP contribution in [0.15, 0.2) is 29.2 Å². The van der Waals surface area contributed by atoms with Crippen LogP contribution in [0, 0.1) is 5.82 Å². The monoisotopic (exact) mass is 318 g/mol. The van der Waals surface area contributed by atoms with Crippen LogP contribution in [0.1, 0.15) is 13.8 Å². The number of carbonyl (C=O) groups is 1. The molecule has 2 N–H and O–H groups in total. The van der Waals surface area contributed by atoms with E-state index >= 15 is 0 Å². The molecular weight excluding hydrogens is 299 g/mol. The Morgan fingerprint density at radius 2 is 1.95 bits per heavy atom. The molecule has 0 aliphatic heterocycles. The molecule has 6 nitrogen and oxygen atoms in total. The fourth-order valence-electron chi connectivity index (χ4n) is 1.67. The normalized spacial score (nSPS) is 14.5. The molecule has 0 radical (unpaired) electrons.